The van der Waals surface area contributed by atoms with E-state index in [0.29, 0.717) is 6.54 Å². The van der Waals surface area contributed by atoms with Crippen LogP contribution in [0.4, 0.5) is 0 Å². The Hall–Kier alpha value is -0.130. The summed E-state index contributed by atoms with van der Waals surface area (Å²) in [6, 6.07) is -0.0963. The SMILES string of the molecule is CC(CS(C)(=O)=O)NCC1(O)CCCCC1. The Labute approximate surface area is 98.4 Å². The van der Waals surface area contributed by atoms with Crippen LogP contribution >= 0.6 is 0 Å². The van der Waals surface area contributed by atoms with Gasteiger partial charge in [0.25, 0.3) is 0 Å². The summed E-state index contributed by atoms with van der Waals surface area (Å²) >= 11 is 0. The molecule has 1 aliphatic carbocycles. The first kappa shape index (κ1) is 13.9. The minimum Gasteiger partial charge on any atom is -0.389 e. The van der Waals surface area contributed by atoms with E-state index in [1.165, 1.54) is 12.7 Å². The average molecular weight is 249 g/mol. The van der Waals surface area contributed by atoms with Crippen LogP contribution in [0, 0.1) is 0 Å². The first-order chi connectivity index (χ1) is 7.31. The highest BCUT2D eigenvalue weighted by Gasteiger charge is 2.29. The Kier molecular flexibility index (Phi) is 4.76. The Morgan fingerprint density at radius 2 is 1.88 bits per heavy atom. The van der Waals surface area contributed by atoms with Gasteiger partial charge in [-0.1, -0.05) is 19.3 Å². The van der Waals surface area contributed by atoms with Crippen molar-refractivity contribution in [2.75, 3.05) is 18.6 Å². The summed E-state index contributed by atoms with van der Waals surface area (Å²) in [7, 11) is -2.94. The highest BCUT2D eigenvalue weighted by molar-refractivity contribution is 7.90. The van der Waals surface area contributed by atoms with Crippen molar-refractivity contribution in [2.24, 2.45) is 0 Å². The lowest BCUT2D eigenvalue weighted by atomic mass is 9.85. The zero-order valence-electron chi connectivity index (χ0n) is 10.2. The van der Waals surface area contributed by atoms with Crippen LogP contribution in [0.5, 0.6) is 0 Å². The van der Waals surface area contributed by atoms with E-state index in [1.54, 1.807) is 0 Å². The number of nitrogens with one attached hydrogen (secondary N) is 1. The molecule has 16 heavy (non-hydrogen) atoms. The number of hydrogen-bond donors (Lipinski definition) is 2. The molecule has 0 aromatic carbocycles. The van der Waals surface area contributed by atoms with Crippen LogP contribution in [0.3, 0.4) is 0 Å². The van der Waals surface area contributed by atoms with Gasteiger partial charge in [-0.25, -0.2) is 8.42 Å². The van der Waals surface area contributed by atoms with Crippen molar-refractivity contribution in [1.82, 2.24) is 5.32 Å². The molecule has 1 aliphatic rings. The second-order valence-electron chi connectivity index (χ2n) is 5.16. The van der Waals surface area contributed by atoms with Gasteiger partial charge < -0.3 is 10.4 Å². The second-order valence-corrected chi connectivity index (χ2v) is 7.34. The van der Waals surface area contributed by atoms with Gasteiger partial charge in [0.05, 0.1) is 11.4 Å². The third-order valence-electron chi connectivity index (χ3n) is 3.12. The zero-order chi connectivity index (χ0) is 12.2. The quantitative estimate of drug-likeness (QED) is 0.753. The number of hydrogen-bond acceptors (Lipinski definition) is 4. The largest absolute Gasteiger partial charge is 0.389 e. The summed E-state index contributed by atoms with van der Waals surface area (Å²) in [5, 5.41) is 13.3. The first-order valence-electron chi connectivity index (χ1n) is 5.94. The Morgan fingerprint density at radius 1 is 1.31 bits per heavy atom. The van der Waals surface area contributed by atoms with E-state index in [0.717, 1.165) is 25.7 Å². The van der Waals surface area contributed by atoms with Gasteiger partial charge in [0.15, 0.2) is 0 Å². The van der Waals surface area contributed by atoms with E-state index in [4.69, 9.17) is 0 Å². The molecule has 1 saturated carbocycles. The van der Waals surface area contributed by atoms with Gasteiger partial charge in [0, 0.05) is 18.8 Å². The molecule has 0 spiro atoms. The lowest BCUT2D eigenvalue weighted by molar-refractivity contribution is 0.00351. The summed E-state index contributed by atoms with van der Waals surface area (Å²) in [6.45, 7) is 2.34. The molecular weight excluding hydrogens is 226 g/mol. The molecule has 0 saturated heterocycles. The Balaban J connectivity index is 2.33. The normalized spacial score (nSPS) is 22.9. The average Bonchev–Trinajstić information content (AvgIpc) is 2.14. The van der Waals surface area contributed by atoms with Crippen LogP contribution in [0.1, 0.15) is 39.0 Å². The summed E-state index contributed by atoms with van der Waals surface area (Å²) in [5.74, 6) is 0.128. The van der Waals surface area contributed by atoms with Crippen molar-refractivity contribution in [3.8, 4) is 0 Å². The maximum atomic E-state index is 11.1. The molecule has 0 aromatic rings. The van der Waals surface area contributed by atoms with E-state index in [1.807, 2.05) is 6.92 Å². The van der Waals surface area contributed by atoms with E-state index in [2.05, 4.69) is 5.32 Å². The molecule has 0 heterocycles. The third kappa shape index (κ3) is 5.27. The van der Waals surface area contributed by atoms with Gasteiger partial charge in [0.2, 0.25) is 0 Å². The van der Waals surface area contributed by atoms with Crippen molar-refractivity contribution in [3.05, 3.63) is 0 Å². The lowest BCUT2D eigenvalue weighted by Gasteiger charge is -2.33. The molecule has 0 radical (unpaired) electrons. The van der Waals surface area contributed by atoms with E-state index in [9.17, 15) is 13.5 Å². The van der Waals surface area contributed by atoms with Crippen molar-refractivity contribution >= 4 is 9.84 Å². The van der Waals surface area contributed by atoms with E-state index >= 15 is 0 Å². The van der Waals surface area contributed by atoms with E-state index < -0.39 is 15.4 Å². The molecule has 1 fully saturated rings. The Morgan fingerprint density at radius 3 is 2.38 bits per heavy atom. The summed E-state index contributed by atoms with van der Waals surface area (Å²) < 4.78 is 22.1. The van der Waals surface area contributed by atoms with Gasteiger partial charge >= 0.3 is 0 Å². The predicted molar refractivity (Wildman–Crippen MR) is 65.2 cm³/mol. The van der Waals surface area contributed by atoms with Crippen LogP contribution in [0.15, 0.2) is 0 Å². The van der Waals surface area contributed by atoms with Gasteiger partial charge in [-0.3, -0.25) is 0 Å². The van der Waals surface area contributed by atoms with Crippen molar-refractivity contribution in [3.63, 3.8) is 0 Å². The number of sulfone groups is 1. The fraction of sp³-hybridized carbons (Fsp3) is 1.00. The molecule has 5 heteroatoms. The molecule has 1 atom stereocenters. The molecule has 0 aromatic heterocycles. The van der Waals surface area contributed by atoms with Gasteiger partial charge in [-0.2, -0.15) is 0 Å². The van der Waals surface area contributed by atoms with Gasteiger partial charge in [-0.15, -0.1) is 0 Å². The maximum Gasteiger partial charge on any atom is 0.148 e. The smallest absolute Gasteiger partial charge is 0.148 e. The van der Waals surface area contributed by atoms with Crippen LogP contribution < -0.4 is 5.32 Å². The summed E-state index contributed by atoms with van der Waals surface area (Å²) in [4.78, 5) is 0. The van der Waals surface area contributed by atoms with Crippen LogP contribution in [0.25, 0.3) is 0 Å². The third-order valence-corrected chi connectivity index (χ3v) is 4.22. The standard InChI is InChI=1S/C11H23NO3S/c1-10(8-16(2,14)15)12-9-11(13)6-4-3-5-7-11/h10,12-13H,3-9H2,1-2H3. The van der Waals surface area contributed by atoms with Crippen molar-refractivity contribution < 1.29 is 13.5 Å². The predicted octanol–water partition coefficient (Wildman–Crippen LogP) is 0.704. The molecule has 4 nitrogen and oxygen atoms in total. The molecule has 0 aliphatic heterocycles. The van der Waals surface area contributed by atoms with Crippen LogP contribution in [0.2, 0.25) is 0 Å². The molecule has 1 unspecified atom stereocenters. The highest BCUT2D eigenvalue weighted by atomic mass is 32.2. The van der Waals surface area contributed by atoms with Gasteiger partial charge in [-0.05, 0) is 19.8 Å². The summed E-state index contributed by atoms with van der Waals surface area (Å²) in [5.41, 5.74) is -0.621. The fourth-order valence-corrected chi connectivity index (χ4v) is 3.29. The number of aliphatic hydroxyl groups is 1. The maximum absolute atomic E-state index is 11.1. The number of rotatable bonds is 5. The Bertz CT molecular complexity index is 307. The molecule has 0 amide bonds. The zero-order valence-corrected chi connectivity index (χ0v) is 11.0. The minimum absolute atomic E-state index is 0.0963. The fourth-order valence-electron chi connectivity index (χ4n) is 2.26. The molecule has 2 N–H and O–H groups in total. The van der Waals surface area contributed by atoms with E-state index in [-0.39, 0.29) is 11.8 Å². The second kappa shape index (κ2) is 5.47. The first-order valence-corrected chi connectivity index (χ1v) is 8.00. The van der Waals surface area contributed by atoms with Gasteiger partial charge in [0.1, 0.15) is 9.84 Å². The monoisotopic (exact) mass is 249 g/mol. The molecule has 0 bridgehead atoms. The summed E-state index contributed by atoms with van der Waals surface area (Å²) in [6.07, 6.45) is 6.22. The topological polar surface area (TPSA) is 66.4 Å². The van der Waals surface area contributed by atoms with Crippen molar-refractivity contribution in [1.29, 1.82) is 0 Å². The van der Waals surface area contributed by atoms with Crippen LogP contribution in [-0.2, 0) is 9.84 Å². The molecule has 1 rings (SSSR count). The van der Waals surface area contributed by atoms with Crippen LogP contribution in [-0.4, -0.2) is 43.7 Å². The highest BCUT2D eigenvalue weighted by Crippen LogP contribution is 2.27. The lowest BCUT2D eigenvalue weighted by Crippen LogP contribution is -2.46. The van der Waals surface area contributed by atoms with Crippen molar-refractivity contribution in [2.45, 2.75) is 50.7 Å². The minimum atomic E-state index is -2.94. The molecule has 96 valence electrons. The molecular formula is C11H23NO3S.